The number of nitrogens with zero attached hydrogens (tertiary/aromatic N) is 3. The first-order chi connectivity index (χ1) is 13.6. The number of aromatic nitrogens is 2. The van der Waals surface area contributed by atoms with E-state index < -0.39 is 0 Å². The molecule has 0 spiro atoms. The van der Waals surface area contributed by atoms with Crippen molar-refractivity contribution >= 4 is 5.91 Å². The van der Waals surface area contributed by atoms with E-state index in [1.807, 2.05) is 30.7 Å². The summed E-state index contributed by atoms with van der Waals surface area (Å²) in [5, 5.41) is 17.0. The lowest BCUT2D eigenvalue weighted by molar-refractivity contribution is 0.0846. The number of ether oxygens (including phenoxy) is 1. The van der Waals surface area contributed by atoms with Crippen LogP contribution in [0.5, 0.6) is 0 Å². The Morgan fingerprint density at radius 3 is 2.64 bits per heavy atom. The van der Waals surface area contributed by atoms with Crippen LogP contribution < -0.4 is 5.32 Å². The van der Waals surface area contributed by atoms with Crippen molar-refractivity contribution in [1.82, 2.24) is 15.1 Å². The van der Waals surface area contributed by atoms with Crippen molar-refractivity contribution in [3.63, 3.8) is 0 Å². The van der Waals surface area contributed by atoms with Gasteiger partial charge < -0.3 is 10.1 Å². The first kappa shape index (κ1) is 18.7. The highest BCUT2D eigenvalue weighted by Crippen LogP contribution is 2.46. The molecule has 6 nitrogen and oxygen atoms in total. The molecule has 1 amide bonds. The maximum absolute atomic E-state index is 13.2. The molecule has 2 heterocycles. The summed E-state index contributed by atoms with van der Waals surface area (Å²) in [4.78, 5) is 13.2. The average Bonchev–Trinajstić information content (AvgIpc) is 3.25. The van der Waals surface area contributed by atoms with Gasteiger partial charge in [-0.1, -0.05) is 12.1 Å². The molecule has 1 aromatic carbocycles. The molecule has 0 bridgehead atoms. The lowest BCUT2D eigenvalue weighted by Gasteiger charge is -2.14. The SMILES string of the molecule is CC(C)n1nc(-c2ccc(C#N)cc2)c(C2CC2)c1C(=O)NC[C@@H]1CCCO1. The summed E-state index contributed by atoms with van der Waals surface area (Å²) in [6, 6.07) is 9.68. The molecule has 1 N–H and O–H groups in total. The second-order valence-corrected chi connectivity index (χ2v) is 7.96. The Morgan fingerprint density at radius 1 is 1.32 bits per heavy atom. The molecule has 1 saturated carbocycles. The van der Waals surface area contributed by atoms with Gasteiger partial charge in [0.1, 0.15) is 5.69 Å². The van der Waals surface area contributed by atoms with Crippen LogP contribution in [-0.2, 0) is 4.74 Å². The quantitative estimate of drug-likeness (QED) is 0.829. The fourth-order valence-electron chi connectivity index (χ4n) is 3.82. The topological polar surface area (TPSA) is 79.9 Å². The van der Waals surface area contributed by atoms with E-state index in [-0.39, 0.29) is 18.1 Å². The van der Waals surface area contributed by atoms with Gasteiger partial charge in [0.05, 0.1) is 23.4 Å². The predicted octanol–water partition coefficient (Wildman–Crippen LogP) is 3.79. The van der Waals surface area contributed by atoms with E-state index in [2.05, 4.69) is 11.4 Å². The van der Waals surface area contributed by atoms with Gasteiger partial charge in [0.2, 0.25) is 0 Å². The summed E-state index contributed by atoms with van der Waals surface area (Å²) in [6.45, 7) is 5.41. The highest BCUT2D eigenvalue weighted by Gasteiger charge is 2.36. The van der Waals surface area contributed by atoms with E-state index in [9.17, 15) is 4.79 Å². The summed E-state index contributed by atoms with van der Waals surface area (Å²) in [6.07, 6.45) is 4.33. The molecule has 2 fully saturated rings. The summed E-state index contributed by atoms with van der Waals surface area (Å²) >= 11 is 0. The van der Waals surface area contributed by atoms with Crippen molar-refractivity contribution in [1.29, 1.82) is 5.26 Å². The summed E-state index contributed by atoms with van der Waals surface area (Å²) in [7, 11) is 0. The zero-order chi connectivity index (χ0) is 19.7. The van der Waals surface area contributed by atoms with Crippen molar-refractivity contribution in [2.24, 2.45) is 0 Å². The number of benzene rings is 1. The van der Waals surface area contributed by atoms with E-state index in [1.165, 1.54) is 0 Å². The van der Waals surface area contributed by atoms with Gasteiger partial charge in [0.15, 0.2) is 0 Å². The predicted molar refractivity (Wildman–Crippen MR) is 106 cm³/mol. The number of amides is 1. The van der Waals surface area contributed by atoms with Crippen molar-refractivity contribution < 1.29 is 9.53 Å². The summed E-state index contributed by atoms with van der Waals surface area (Å²) in [5.41, 5.74) is 4.16. The van der Waals surface area contributed by atoms with E-state index in [0.29, 0.717) is 23.7 Å². The molecule has 1 aliphatic heterocycles. The molecule has 2 aliphatic rings. The number of carbonyl (C=O) groups is 1. The minimum absolute atomic E-state index is 0.0708. The number of carbonyl (C=O) groups excluding carboxylic acids is 1. The van der Waals surface area contributed by atoms with Gasteiger partial charge in [-0.25, -0.2) is 0 Å². The molecule has 28 heavy (non-hydrogen) atoms. The summed E-state index contributed by atoms with van der Waals surface area (Å²) < 4.78 is 7.49. The van der Waals surface area contributed by atoms with Crippen LogP contribution >= 0.6 is 0 Å². The molecular weight excluding hydrogens is 352 g/mol. The fraction of sp³-hybridized carbons (Fsp3) is 0.500. The first-order valence-corrected chi connectivity index (χ1v) is 10.1. The van der Waals surface area contributed by atoms with E-state index in [0.717, 1.165) is 49.1 Å². The second kappa shape index (κ2) is 7.76. The zero-order valence-corrected chi connectivity index (χ0v) is 16.4. The fourth-order valence-corrected chi connectivity index (χ4v) is 3.82. The normalized spacial score (nSPS) is 19.0. The Morgan fingerprint density at radius 2 is 2.07 bits per heavy atom. The largest absolute Gasteiger partial charge is 0.376 e. The lowest BCUT2D eigenvalue weighted by Crippen LogP contribution is -2.34. The molecule has 1 atom stereocenters. The van der Waals surface area contributed by atoms with Gasteiger partial charge in [0, 0.05) is 30.3 Å². The maximum Gasteiger partial charge on any atom is 0.269 e. The van der Waals surface area contributed by atoms with Crippen LogP contribution in [0.1, 0.15) is 73.1 Å². The minimum Gasteiger partial charge on any atom is -0.376 e. The third-order valence-corrected chi connectivity index (χ3v) is 5.44. The van der Waals surface area contributed by atoms with Crippen molar-refractivity contribution in [2.75, 3.05) is 13.2 Å². The molecule has 2 aromatic rings. The second-order valence-electron chi connectivity index (χ2n) is 7.96. The van der Waals surface area contributed by atoms with E-state index in [1.54, 1.807) is 12.1 Å². The van der Waals surface area contributed by atoms with Crippen LogP contribution in [0.4, 0.5) is 0 Å². The van der Waals surface area contributed by atoms with Gasteiger partial charge in [-0.15, -0.1) is 0 Å². The molecule has 1 aromatic heterocycles. The Bertz CT molecular complexity index is 898. The van der Waals surface area contributed by atoms with Crippen LogP contribution in [0.15, 0.2) is 24.3 Å². The van der Waals surface area contributed by atoms with Crippen molar-refractivity contribution in [3.05, 3.63) is 41.1 Å². The standard InChI is InChI=1S/C22H26N4O2/c1-14(2)26-21(22(27)24-13-18-4-3-11-28-18)19(16-9-10-16)20(25-26)17-7-5-15(12-23)6-8-17/h5-8,14,16,18H,3-4,9-11,13H2,1-2H3,(H,24,27)/t18-/m0/s1. The van der Waals surface area contributed by atoms with E-state index in [4.69, 9.17) is 15.1 Å². The van der Waals surface area contributed by atoms with Crippen molar-refractivity contribution in [3.8, 4) is 17.3 Å². The van der Waals surface area contributed by atoms with Gasteiger partial charge in [-0.2, -0.15) is 10.4 Å². The van der Waals surface area contributed by atoms with Crippen molar-refractivity contribution in [2.45, 2.75) is 57.6 Å². The van der Waals surface area contributed by atoms with Gasteiger partial charge >= 0.3 is 0 Å². The number of hydrogen-bond donors (Lipinski definition) is 1. The van der Waals surface area contributed by atoms with Crippen LogP contribution in [0.3, 0.4) is 0 Å². The Balaban J connectivity index is 1.70. The average molecular weight is 378 g/mol. The number of nitrogens with one attached hydrogen (secondary N) is 1. The molecule has 4 rings (SSSR count). The first-order valence-electron chi connectivity index (χ1n) is 10.1. The van der Waals surface area contributed by atoms with Gasteiger partial charge in [0.25, 0.3) is 5.91 Å². The minimum atomic E-state index is -0.0708. The van der Waals surface area contributed by atoms with Crippen LogP contribution in [0.2, 0.25) is 0 Å². The lowest BCUT2D eigenvalue weighted by atomic mass is 10.0. The number of rotatable bonds is 6. The molecule has 0 unspecified atom stereocenters. The number of hydrogen-bond acceptors (Lipinski definition) is 4. The molecule has 6 heteroatoms. The highest BCUT2D eigenvalue weighted by molar-refractivity contribution is 5.96. The molecule has 146 valence electrons. The third kappa shape index (κ3) is 3.67. The van der Waals surface area contributed by atoms with Gasteiger partial charge in [-0.3, -0.25) is 9.48 Å². The van der Waals surface area contributed by atoms with Crippen LogP contribution in [-0.4, -0.2) is 34.9 Å². The van der Waals surface area contributed by atoms with Gasteiger partial charge in [-0.05, 0) is 57.6 Å². The zero-order valence-electron chi connectivity index (χ0n) is 16.4. The molecule has 1 saturated heterocycles. The molecule has 1 aliphatic carbocycles. The van der Waals surface area contributed by atoms with Crippen LogP contribution in [0, 0.1) is 11.3 Å². The van der Waals surface area contributed by atoms with Crippen LogP contribution in [0.25, 0.3) is 11.3 Å². The maximum atomic E-state index is 13.2. The summed E-state index contributed by atoms with van der Waals surface area (Å²) in [5.74, 6) is 0.306. The third-order valence-electron chi connectivity index (χ3n) is 5.44. The molecule has 0 radical (unpaired) electrons. The monoisotopic (exact) mass is 378 g/mol. The Labute approximate surface area is 165 Å². The smallest absolute Gasteiger partial charge is 0.269 e. The number of nitriles is 1. The Hall–Kier alpha value is -2.65. The Kier molecular flexibility index (Phi) is 5.19. The highest BCUT2D eigenvalue weighted by atomic mass is 16.5. The van der Waals surface area contributed by atoms with E-state index >= 15 is 0 Å². The molecular formula is C22H26N4O2.